The fraction of sp³-hybridized carbons (Fsp3) is 0.938. The standard InChI is InChI=1S/C16H31N3O2/c1-16(2,3)21-15(20)17-13-5-7-14(8-6-13)19-11-9-18(4)10-12-19/h13-14H,5-12H2,1-4H3,(H,17,20)/t13-,14+. The van der Waals surface area contributed by atoms with E-state index in [0.29, 0.717) is 6.04 Å². The van der Waals surface area contributed by atoms with Crippen LogP contribution in [-0.2, 0) is 4.74 Å². The number of likely N-dealkylation sites (N-methyl/N-ethyl adjacent to an activating group) is 1. The highest BCUT2D eigenvalue weighted by molar-refractivity contribution is 5.68. The van der Waals surface area contributed by atoms with Gasteiger partial charge >= 0.3 is 6.09 Å². The highest BCUT2D eigenvalue weighted by Crippen LogP contribution is 2.24. The number of carbonyl (C=O) groups excluding carboxylic acids is 1. The topological polar surface area (TPSA) is 44.8 Å². The van der Waals surface area contributed by atoms with Crippen LogP contribution in [0.5, 0.6) is 0 Å². The van der Waals surface area contributed by atoms with Gasteiger partial charge in [0.1, 0.15) is 5.60 Å². The van der Waals surface area contributed by atoms with Crippen molar-refractivity contribution in [1.29, 1.82) is 0 Å². The molecule has 0 unspecified atom stereocenters. The first kappa shape index (κ1) is 16.6. The normalized spacial score (nSPS) is 29.1. The van der Waals surface area contributed by atoms with Gasteiger partial charge in [-0.05, 0) is 53.5 Å². The summed E-state index contributed by atoms with van der Waals surface area (Å²) in [5.41, 5.74) is -0.416. The average Bonchev–Trinajstić information content (AvgIpc) is 2.38. The van der Waals surface area contributed by atoms with Gasteiger partial charge in [0.2, 0.25) is 0 Å². The van der Waals surface area contributed by atoms with Crippen LogP contribution in [0.3, 0.4) is 0 Å². The Hall–Kier alpha value is -0.810. The lowest BCUT2D eigenvalue weighted by Gasteiger charge is -2.41. The van der Waals surface area contributed by atoms with Crippen LogP contribution in [0.2, 0.25) is 0 Å². The predicted octanol–water partition coefficient (Wildman–Crippen LogP) is 2.07. The van der Waals surface area contributed by atoms with Crippen molar-refractivity contribution in [3.8, 4) is 0 Å². The van der Waals surface area contributed by atoms with E-state index in [1.807, 2.05) is 20.8 Å². The third-order valence-electron chi connectivity index (χ3n) is 4.47. The maximum atomic E-state index is 11.8. The van der Waals surface area contributed by atoms with Gasteiger partial charge in [-0.3, -0.25) is 4.90 Å². The second-order valence-electron chi connectivity index (χ2n) is 7.49. The maximum Gasteiger partial charge on any atom is 0.407 e. The zero-order valence-corrected chi connectivity index (χ0v) is 14.0. The molecule has 0 atom stereocenters. The number of nitrogens with zero attached hydrogens (tertiary/aromatic N) is 2. The summed E-state index contributed by atoms with van der Waals surface area (Å²) >= 11 is 0. The van der Waals surface area contributed by atoms with Crippen LogP contribution in [0.1, 0.15) is 46.5 Å². The van der Waals surface area contributed by atoms with Crippen molar-refractivity contribution in [3.63, 3.8) is 0 Å². The van der Waals surface area contributed by atoms with E-state index in [9.17, 15) is 4.79 Å². The number of ether oxygens (including phenoxy) is 1. The molecule has 1 aliphatic carbocycles. The van der Waals surface area contributed by atoms with Crippen LogP contribution in [-0.4, -0.2) is 66.8 Å². The van der Waals surface area contributed by atoms with Gasteiger partial charge in [0.25, 0.3) is 0 Å². The first-order valence-electron chi connectivity index (χ1n) is 8.25. The van der Waals surface area contributed by atoms with Gasteiger partial charge < -0.3 is 15.0 Å². The molecule has 21 heavy (non-hydrogen) atoms. The Morgan fingerprint density at radius 1 is 1.05 bits per heavy atom. The molecule has 1 aliphatic heterocycles. The van der Waals surface area contributed by atoms with Crippen molar-refractivity contribution in [3.05, 3.63) is 0 Å². The molecule has 1 N–H and O–H groups in total. The van der Waals surface area contributed by atoms with Crippen molar-refractivity contribution in [2.24, 2.45) is 0 Å². The molecule has 0 aromatic heterocycles. The SMILES string of the molecule is CN1CCN([C@H]2CC[C@@H](NC(=O)OC(C)(C)C)CC2)CC1. The average molecular weight is 297 g/mol. The Morgan fingerprint density at radius 3 is 2.14 bits per heavy atom. The Labute approximate surface area is 129 Å². The van der Waals surface area contributed by atoms with E-state index in [4.69, 9.17) is 4.74 Å². The van der Waals surface area contributed by atoms with Gasteiger partial charge in [-0.15, -0.1) is 0 Å². The van der Waals surface area contributed by atoms with E-state index >= 15 is 0 Å². The lowest BCUT2D eigenvalue weighted by atomic mass is 9.90. The van der Waals surface area contributed by atoms with E-state index in [0.717, 1.165) is 12.8 Å². The van der Waals surface area contributed by atoms with E-state index < -0.39 is 5.60 Å². The Kier molecular flexibility index (Phi) is 5.49. The van der Waals surface area contributed by atoms with Crippen LogP contribution in [0.4, 0.5) is 4.79 Å². The van der Waals surface area contributed by atoms with Gasteiger partial charge in [0.15, 0.2) is 0 Å². The number of alkyl carbamates (subject to hydrolysis) is 1. The maximum absolute atomic E-state index is 11.8. The summed E-state index contributed by atoms with van der Waals surface area (Å²) in [7, 11) is 2.19. The summed E-state index contributed by atoms with van der Waals surface area (Å²) in [6, 6.07) is 0.985. The molecule has 0 spiro atoms. The van der Waals surface area contributed by atoms with Crippen LogP contribution < -0.4 is 5.32 Å². The molecule has 122 valence electrons. The number of hydrogen-bond acceptors (Lipinski definition) is 4. The molecule has 0 bridgehead atoms. The zero-order valence-electron chi connectivity index (χ0n) is 14.0. The van der Waals surface area contributed by atoms with Crippen molar-refractivity contribution in [1.82, 2.24) is 15.1 Å². The summed E-state index contributed by atoms with van der Waals surface area (Å²) in [4.78, 5) is 16.8. The molecule has 5 heteroatoms. The summed E-state index contributed by atoms with van der Waals surface area (Å²) in [6.45, 7) is 10.4. The molecule has 2 rings (SSSR count). The number of hydrogen-bond donors (Lipinski definition) is 1. The third kappa shape index (κ3) is 5.47. The van der Waals surface area contributed by atoms with Crippen molar-refractivity contribution in [2.45, 2.75) is 64.1 Å². The highest BCUT2D eigenvalue weighted by Gasteiger charge is 2.29. The minimum Gasteiger partial charge on any atom is -0.444 e. The number of piperazine rings is 1. The van der Waals surface area contributed by atoms with Crippen LogP contribution in [0.15, 0.2) is 0 Å². The van der Waals surface area contributed by atoms with Crippen molar-refractivity contribution in [2.75, 3.05) is 33.2 Å². The highest BCUT2D eigenvalue weighted by atomic mass is 16.6. The van der Waals surface area contributed by atoms with Gasteiger partial charge in [-0.25, -0.2) is 4.79 Å². The molecular weight excluding hydrogens is 266 g/mol. The lowest BCUT2D eigenvalue weighted by Crippen LogP contribution is -2.51. The summed E-state index contributed by atoms with van der Waals surface area (Å²) < 4.78 is 5.33. The zero-order chi connectivity index (χ0) is 15.5. The molecule has 2 fully saturated rings. The first-order chi connectivity index (χ1) is 9.83. The molecule has 1 heterocycles. The molecule has 1 amide bonds. The van der Waals surface area contributed by atoms with E-state index in [2.05, 4.69) is 22.2 Å². The fourth-order valence-electron chi connectivity index (χ4n) is 3.25. The minimum absolute atomic E-state index is 0.273. The van der Waals surface area contributed by atoms with Gasteiger partial charge in [-0.2, -0.15) is 0 Å². The van der Waals surface area contributed by atoms with Crippen molar-refractivity contribution >= 4 is 6.09 Å². The van der Waals surface area contributed by atoms with Crippen LogP contribution in [0.25, 0.3) is 0 Å². The second-order valence-corrected chi connectivity index (χ2v) is 7.49. The third-order valence-corrected chi connectivity index (χ3v) is 4.47. The molecular formula is C16H31N3O2. The summed E-state index contributed by atoms with van der Waals surface area (Å²) in [5.74, 6) is 0. The Bertz CT molecular complexity index is 338. The van der Waals surface area contributed by atoms with E-state index in [1.54, 1.807) is 0 Å². The van der Waals surface area contributed by atoms with E-state index in [-0.39, 0.29) is 12.1 Å². The number of carbonyl (C=O) groups is 1. The monoisotopic (exact) mass is 297 g/mol. The fourth-order valence-corrected chi connectivity index (χ4v) is 3.25. The Morgan fingerprint density at radius 2 is 1.62 bits per heavy atom. The minimum atomic E-state index is -0.416. The largest absolute Gasteiger partial charge is 0.444 e. The van der Waals surface area contributed by atoms with Crippen molar-refractivity contribution < 1.29 is 9.53 Å². The summed E-state index contributed by atoms with van der Waals surface area (Å²) in [6.07, 6.45) is 4.23. The lowest BCUT2D eigenvalue weighted by molar-refractivity contribution is 0.0459. The van der Waals surface area contributed by atoms with Gasteiger partial charge in [0, 0.05) is 38.3 Å². The number of rotatable bonds is 2. The first-order valence-corrected chi connectivity index (χ1v) is 8.25. The van der Waals surface area contributed by atoms with Gasteiger partial charge in [0.05, 0.1) is 0 Å². The molecule has 0 radical (unpaired) electrons. The molecule has 2 aliphatic rings. The smallest absolute Gasteiger partial charge is 0.407 e. The molecule has 0 aromatic carbocycles. The van der Waals surface area contributed by atoms with E-state index in [1.165, 1.54) is 39.0 Å². The second kappa shape index (κ2) is 6.97. The van der Waals surface area contributed by atoms with Crippen LogP contribution in [0, 0.1) is 0 Å². The molecule has 1 saturated carbocycles. The molecule has 1 saturated heterocycles. The van der Waals surface area contributed by atoms with Crippen LogP contribution >= 0.6 is 0 Å². The predicted molar refractivity (Wildman–Crippen MR) is 84.5 cm³/mol. The summed E-state index contributed by atoms with van der Waals surface area (Å²) in [5, 5.41) is 3.02. The number of amides is 1. The van der Waals surface area contributed by atoms with Gasteiger partial charge in [-0.1, -0.05) is 0 Å². The number of nitrogens with one attached hydrogen (secondary N) is 1. The molecule has 5 nitrogen and oxygen atoms in total. The quantitative estimate of drug-likeness (QED) is 0.847. The Balaban J connectivity index is 1.69. The molecule has 0 aromatic rings.